The Hall–Kier alpha value is -3.23. The third-order valence-corrected chi connectivity index (χ3v) is 6.99. The van der Waals surface area contributed by atoms with Crippen LogP contribution < -0.4 is 14.2 Å². The molecule has 1 fully saturated rings. The van der Waals surface area contributed by atoms with Crippen molar-refractivity contribution in [2.75, 3.05) is 36.0 Å². The van der Waals surface area contributed by atoms with E-state index in [2.05, 4.69) is 55.6 Å². The van der Waals surface area contributed by atoms with E-state index in [4.69, 9.17) is 11.6 Å². The number of benzene rings is 2. The van der Waals surface area contributed by atoms with Crippen molar-refractivity contribution in [2.45, 2.75) is 19.3 Å². The molecular weight excluding hydrogens is 406 g/mol. The number of para-hydroxylation sites is 2. The highest BCUT2D eigenvalue weighted by molar-refractivity contribution is 6.30. The molecule has 2 aromatic carbocycles. The average molecular weight is 429 g/mol. The average Bonchev–Trinajstić information content (AvgIpc) is 3.43. The number of H-pyrrole nitrogens is 1. The van der Waals surface area contributed by atoms with Crippen LogP contribution in [0.5, 0.6) is 0 Å². The second-order valence-corrected chi connectivity index (χ2v) is 8.83. The molecule has 1 aliphatic heterocycles. The summed E-state index contributed by atoms with van der Waals surface area (Å²) in [5, 5.41) is 10.8. The third kappa shape index (κ3) is 2.86. The number of pyridine rings is 1. The number of nitrogens with zero attached hydrogens (tertiary/aromatic N) is 4. The molecule has 5 nitrogen and oxygen atoms in total. The van der Waals surface area contributed by atoms with Crippen LogP contribution in [0.25, 0.3) is 16.7 Å². The lowest BCUT2D eigenvalue weighted by atomic mass is 10.0. The zero-order valence-electron chi connectivity index (χ0n) is 17.2. The van der Waals surface area contributed by atoms with Crippen molar-refractivity contribution in [3.8, 4) is 6.07 Å². The van der Waals surface area contributed by atoms with Crippen LogP contribution in [-0.2, 0) is 12.8 Å². The monoisotopic (exact) mass is 428 g/mol. The lowest BCUT2D eigenvalue weighted by Gasteiger charge is -2.35. The quantitative estimate of drug-likeness (QED) is 0.486. The maximum Gasteiger partial charge on any atom is 0.250 e. The molecule has 0 unspecified atom stereocenters. The van der Waals surface area contributed by atoms with Gasteiger partial charge < -0.3 is 4.90 Å². The summed E-state index contributed by atoms with van der Waals surface area (Å²) in [4.78, 5) is 8.48. The minimum Gasteiger partial charge on any atom is -0.365 e. The number of imidazole rings is 1. The Bertz CT molecular complexity index is 1340. The number of nitriles is 1. The minimum absolute atomic E-state index is 0.772. The summed E-state index contributed by atoms with van der Waals surface area (Å²) in [6.07, 6.45) is 3.15. The van der Waals surface area contributed by atoms with E-state index in [9.17, 15) is 5.26 Å². The topological polar surface area (TPSA) is 50.2 Å². The van der Waals surface area contributed by atoms with Gasteiger partial charge >= 0.3 is 0 Å². The molecule has 6 heteroatoms. The molecule has 0 spiro atoms. The molecule has 6 rings (SSSR count). The Labute approximate surface area is 186 Å². The Morgan fingerprint density at radius 3 is 2.39 bits per heavy atom. The predicted octanol–water partition coefficient (Wildman–Crippen LogP) is 4.25. The number of rotatable bonds is 2. The highest BCUT2D eigenvalue weighted by Crippen LogP contribution is 2.35. The number of aromatic amines is 1. The van der Waals surface area contributed by atoms with Crippen molar-refractivity contribution < 1.29 is 4.40 Å². The minimum atomic E-state index is 0.772. The van der Waals surface area contributed by atoms with Crippen LogP contribution in [0.3, 0.4) is 0 Å². The SMILES string of the molecule is N#Cc1c2c(c(N3CCN(c4ccc(Cl)cc4)CC3)[n+]3c1[nH]c1ccccc13)CCC2. The van der Waals surface area contributed by atoms with Crippen LogP contribution in [0.15, 0.2) is 48.5 Å². The predicted molar refractivity (Wildman–Crippen MR) is 124 cm³/mol. The normalized spacial score (nSPS) is 16.1. The molecule has 1 aliphatic carbocycles. The fourth-order valence-corrected chi connectivity index (χ4v) is 5.42. The zero-order chi connectivity index (χ0) is 20.9. The maximum atomic E-state index is 9.99. The van der Waals surface area contributed by atoms with Gasteiger partial charge in [0.2, 0.25) is 11.5 Å². The van der Waals surface area contributed by atoms with Gasteiger partial charge in [-0.3, -0.25) is 9.88 Å². The third-order valence-electron chi connectivity index (χ3n) is 6.74. The number of hydrogen-bond donors (Lipinski definition) is 1. The van der Waals surface area contributed by atoms with Gasteiger partial charge in [0.25, 0.3) is 0 Å². The van der Waals surface area contributed by atoms with Crippen LogP contribution >= 0.6 is 11.6 Å². The molecule has 2 aliphatic rings. The lowest BCUT2D eigenvalue weighted by molar-refractivity contribution is -0.468. The number of piperazine rings is 1. The van der Waals surface area contributed by atoms with E-state index in [1.807, 2.05) is 18.2 Å². The van der Waals surface area contributed by atoms with Crippen LogP contribution in [0.4, 0.5) is 11.5 Å². The van der Waals surface area contributed by atoms with E-state index >= 15 is 0 Å². The van der Waals surface area contributed by atoms with Gasteiger partial charge in [0.1, 0.15) is 22.7 Å². The van der Waals surface area contributed by atoms with E-state index in [-0.39, 0.29) is 0 Å². The van der Waals surface area contributed by atoms with Crippen molar-refractivity contribution in [3.63, 3.8) is 0 Å². The molecule has 0 radical (unpaired) electrons. The molecule has 154 valence electrons. The molecule has 2 aromatic heterocycles. The molecule has 4 aromatic rings. The number of nitrogens with one attached hydrogen (secondary N) is 1. The number of aromatic nitrogens is 2. The van der Waals surface area contributed by atoms with Crippen molar-refractivity contribution in [1.82, 2.24) is 4.98 Å². The highest BCUT2D eigenvalue weighted by Gasteiger charge is 2.34. The molecule has 0 atom stereocenters. The number of fused-ring (bicyclic) bond motifs is 4. The van der Waals surface area contributed by atoms with Crippen LogP contribution in [0.1, 0.15) is 23.1 Å². The van der Waals surface area contributed by atoms with E-state index in [1.165, 1.54) is 22.6 Å². The molecular formula is C25H23ClN5+. The summed E-state index contributed by atoms with van der Waals surface area (Å²) in [5.74, 6) is 1.27. The van der Waals surface area contributed by atoms with Crippen LogP contribution in [0.2, 0.25) is 5.02 Å². The summed E-state index contributed by atoms with van der Waals surface area (Å²) in [5.41, 5.74) is 7.77. The van der Waals surface area contributed by atoms with Gasteiger partial charge in [0.15, 0.2) is 0 Å². The Morgan fingerprint density at radius 1 is 0.903 bits per heavy atom. The smallest absolute Gasteiger partial charge is 0.250 e. The van der Waals surface area contributed by atoms with E-state index in [0.717, 1.165) is 72.7 Å². The van der Waals surface area contributed by atoms with Crippen LogP contribution in [0, 0.1) is 11.3 Å². The summed E-state index contributed by atoms with van der Waals surface area (Å²) < 4.78 is 2.30. The first-order chi connectivity index (χ1) is 15.2. The Balaban J connectivity index is 1.46. The second kappa shape index (κ2) is 7.18. The lowest BCUT2D eigenvalue weighted by Crippen LogP contribution is -2.50. The fourth-order valence-electron chi connectivity index (χ4n) is 5.30. The van der Waals surface area contributed by atoms with E-state index in [0.29, 0.717) is 0 Å². The second-order valence-electron chi connectivity index (χ2n) is 8.40. The summed E-state index contributed by atoms with van der Waals surface area (Å²) in [7, 11) is 0. The highest BCUT2D eigenvalue weighted by atomic mass is 35.5. The molecule has 0 saturated carbocycles. The number of hydrogen-bond acceptors (Lipinski definition) is 3. The van der Waals surface area contributed by atoms with E-state index < -0.39 is 0 Å². The first-order valence-corrected chi connectivity index (χ1v) is 11.3. The first-order valence-electron chi connectivity index (χ1n) is 10.9. The van der Waals surface area contributed by atoms with Gasteiger partial charge in [-0.05, 0) is 61.2 Å². The zero-order valence-corrected chi connectivity index (χ0v) is 18.0. The molecule has 1 saturated heterocycles. The van der Waals surface area contributed by atoms with Gasteiger partial charge in [0.05, 0.1) is 13.1 Å². The standard InChI is InChI=1S/C25H22ClN5/c26-17-8-10-18(11-9-17)29-12-14-30(15-13-29)25-20-5-3-4-19(20)21(16-27)24-28-22-6-1-2-7-23(22)31(24)25/h1-2,6-11H,3-5,12-15H2/p+1. The summed E-state index contributed by atoms with van der Waals surface area (Å²) >= 11 is 6.07. The molecule has 0 amide bonds. The number of anilines is 2. The Kier molecular flexibility index (Phi) is 4.29. The Morgan fingerprint density at radius 2 is 1.61 bits per heavy atom. The van der Waals surface area contributed by atoms with E-state index in [1.54, 1.807) is 0 Å². The maximum absolute atomic E-state index is 9.99. The largest absolute Gasteiger partial charge is 0.365 e. The summed E-state index contributed by atoms with van der Waals surface area (Å²) in [6, 6.07) is 19.0. The molecule has 0 bridgehead atoms. The van der Waals surface area contributed by atoms with Crippen LogP contribution in [-0.4, -0.2) is 31.2 Å². The van der Waals surface area contributed by atoms with Crippen molar-refractivity contribution in [2.24, 2.45) is 0 Å². The van der Waals surface area contributed by atoms with Gasteiger partial charge in [-0.1, -0.05) is 23.7 Å². The van der Waals surface area contributed by atoms with Gasteiger partial charge in [-0.2, -0.15) is 9.66 Å². The number of halogens is 1. The van der Waals surface area contributed by atoms with Gasteiger partial charge in [-0.25, -0.2) is 0 Å². The first kappa shape index (κ1) is 18.5. The van der Waals surface area contributed by atoms with Crippen molar-refractivity contribution in [3.05, 3.63) is 70.2 Å². The van der Waals surface area contributed by atoms with Crippen molar-refractivity contribution in [1.29, 1.82) is 5.26 Å². The molecule has 31 heavy (non-hydrogen) atoms. The van der Waals surface area contributed by atoms with Gasteiger partial charge in [0, 0.05) is 29.4 Å². The van der Waals surface area contributed by atoms with Crippen molar-refractivity contribution >= 4 is 39.8 Å². The fraction of sp³-hybridized carbons (Fsp3) is 0.280. The molecule has 1 N–H and O–H groups in total. The molecule has 3 heterocycles. The van der Waals surface area contributed by atoms with Gasteiger partial charge in [-0.15, -0.1) is 0 Å². The summed E-state index contributed by atoms with van der Waals surface area (Å²) in [6.45, 7) is 3.81.